The third-order valence-electron chi connectivity index (χ3n) is 12.9. The van der Waals surface area contributed by atoms with Gasteiger partial charge >= 0.3 is 5.97 Å². The van der Waals surface area contributed by atoms with E-state index in [9.17, 15) is 38.7 Å². The van der Waals surface area contributed by atoms with E-state index in [1.807, 2.05) is 18.2 Å². The van der Waals surface area contributed by atoms with Crippen molar-refractivity contribution < 1.29 is 43.5 Å². The average molecular weight is 1170 g/mol. The number of aromatic nitrogens is 1. The van der Waals surface area contributed by atoms with Gasteiger partial charge in [0, 0.05) is 60.6 Å². The van der Waals surface area contributed by atoms with Crippen molar-refractivity contribution in [2.75, 3.05) is 31.1 Å². The summed E-state index contributed by atoms with van der Waals surface area (Å²) in [5, 5.41) is 59.6. The van der Waals surface area contributed by atoms with E-state index >= 15 is 4.79 Å². The van der Waals surface area contributed by atoms with E-state index in [1.165, 1.54) is 6.92 Å². The molecule has 0 aliphatic heterocycles. The molecular formula is C53H76N18O9S2. The minimum Gasteiger partial charge on any atom is -0.480 e. The number of amides is 7. The van der Waals surface area contributed by atoms with Crippen LogP contribution in [0.15, 0.2) is 91.1 Å². The van der Waals surface area contributed by atoms with Crippen LogP contribution in [0, 0.1) is 16.2 Å². The number of rotatable bonds is 34. The monoisotopic (exact) mass is 1170 g/mol. The lowest BCUT2D eigenvalue weighted by molar-refractivity contribution is -0.141. The summed E-state index contributed by atoms with van der Waals surface area (Å²) in [4.78, 5) is 115. The first kappa shape index (κ1) is 65.9. The Hall–Kier alpha value is -8.57. The van der Waals surface area contributed by atoms with E-state index in [0.717, 1.165) is 10.9 Å². The maximum absolute atomic E-state index is 15.3. The van der Waals surface area contributed by atoms with E-state index < -0.39 is 102 Å². The van der Waals surface area contributed by atoms with Crippen LogP contribution in [-0.4, -0.2) is 155 Å². The first-order valence-electron chi connectivity index (χ1n) is 26.3. The number of benzene rings is 3. The van der Waals surface area contributed by atoms with Gasteiger partial charge in [-0.2, -0.15) is 25.3 Å². The first-order valence-corrected chi connectivity index (χ1v) is 27.6. The summed E-state index contributed by atoms with van der Waals surface area (Å²) in [6, 6.07) is 13.7. The van der Waals surface area contributed by atoms with E-state index in [0.29, 0.717) is 23.1 Å². The molecule has 0 aliphatic rings. The van der Waals surface area contributed by atoms with Crippen LogP contribution in [0.1, 0.15) is 68.1 Å². The minimum absolute atomic E-state index is 0.0757. The number of para-hydroxylation sites is 1. The molecule has 0 bridgehead atoms. The second-order valence-electron chi connectivity index (χ2n) is 19.1. The maximum atomic E-state index is 15.3. The molecule has 3 aromatic carbocycles. The number of carbonyl (C=O) groups excluding carboxylic acids is 7. The van der Waals surface area contributed by atoms with Crippen molar-refractivity contribution in [1.29, 1.82) is 16.2 Å². The van der Waals surface area contributed by atoms with Crippen LogP contribution in [0.5, 0.6) is 0 Å². The molecule has 0 fully saturated rings. The molecule has 27 nitrogen and oxygen atoms in total. The van der Waals surface area contributed by atoms with Crippen LogP contribution in [-0.2, 0) is 44.8 Å². The molecule has 0 unspecified atom stereocenters. The Kier molecular flexibility index (Phi) is 27.3. The summed E-state index contributed by atoms with van der Waals surface area (Å²) < 4.78 is 0. The number of nitrogens with one attached hydrogen (secondary N) is 14. The normalized spacial score (nSPS) is 13.9. The molecule has 29 heteroatoms. The van der Waals surface area contributed by atoms with Crippen LogP contribution in [0.3, 0.4) is 0 Å². The number of thiol groups is 2. The summed E-state index contributed by atoms with van der Waals surface area (Å²) >= 11 is 8.31. The van der Waals surface area contributed by atoms with Crippen molar-refractivity contribution in [3.63, 3.8) is 0 Å². The fraction of sp³-hybridized carbons (Fsp3) is 0.415. The highest BCUT2D eigenvalue weighted by molar-refractivity contribution is 7.80. The lowest BCUT2D eigenvalue weighted by atomic mass is 9.84. The zero-order valence-electron chi connectivity index (χ0n) is 45.3. The Bertz CT molecular complexity index is 2790. The number of nitrogens with two attached hydrogens (primary N) is 4. The third kappa shape index (κ3) is 21.5. The Morgan fingerprint density at radius 3 is 1.46 bits per heavy atom. The van der Waals surface area contributed by atoms with Gasteiger partial charge in [-0.15, -0.1) is 0 Å². The van der Waals surface area contributed by atoms with Gasteiger partial charge in [-0.25, -0.2) is 4.79 Å². The molecule has 4 aromatic rings. The second-order valence-corrected chi connectivity index (χ2v) is 19.9. The standard InChI is InChI=1S/C53H76N18O9S2/c1-29(65-48(77)39(27-81)69-44(73)34(54)18-10-22-61-51(55)56)43(72)66-37(21-12-24-63-53(59)60)46(75)71-42(41(30-13-4-2-5-14-30)31-15-6-3-7-16-31)49(78)67-36(20-11-23-62-52(57)58)45(74)68-38(47(76)70-40(28-82)50(79)80)25-32-26-64-35-19-9-8-17-33(32)35/h2-9,13-17,19,26,29,34,36-42,64,81-82H,10-12,18,20-25,27-28,54H2,1H3,(H,65,77)(H,66,72)(H,67,78)(H,68,74)(H,69,73)(H,70,76)(H,71,75)(H,79,80)(H4,55,56,61)(H4,57,58,62)(H4,59,60,63)/t29-,34+,36+,37+,38-,39+,40+,42-/m1/s1. The highest BCUT2D eigenvalue weighted by Crippen LogP contribution is 2.29. The number of hydrogen-bond acceptors (Lipinski definition) is 14. The predicted octanol–water partition coefficient (Wildman–Crippen LogP) is -1.98. The van der Waals surface area contributed by atoms with Crippen LogP contribution >= 0.6 is 25.3 Å². The molecule has 0 aliphatic carbocycles. The number of fused-ring (bicyclic) bond motifs is 1. The second kappa shape index (κ2) is 33.9. The van der Waals surface area contributed by atoms with E-state index in [2.05, 4.69) is 83.4 Å². The summed E-state index contributed by atoms with van der Waals surface area (Å²) in [5.41, 5.74) is 24.9. The van der Waals surface area contributed by atoms with Crippen molar-refractivity contribution in [2.45, 2.75) is 106 Å². The van der Waals surface area contributed by atoms with Gasteiger partial charge in [-0.05, 0) is 68.2 Å². The summed E-state index contributed by atoms with van der Waals surface area (Å²) in [6.45, 7) is 1.79. The van der Waals surface area contributed by atoms with Gasteiger partial charge < -0.3 is 86.2 Å². The molecule has 1 heterocycles. The zero-order valence-corrected chi connectivity index (χ0v) is 47.0. The van der Waals surface area contributed by atoms with Crippen LogP contribution in [0.25, 0.3) is 10.9 Å². The van der Waals surface area contributed by atoms with Crippen molar-refractivity contribution in [2.24, 2.45) is 22.9 Å². The first-order chi connectivity index (χ1) is 39.1. The summed E-state index contributed by atoms with van der Waals surface area (Å²) in [5.74, 6) is -9.56. The number of carbonyl (C=O) groups is 8. The molecule has 23 N–H and O–H groups in total. The smallest absolute Gasteiger partial charge is 0.327 e. The summed E-state index contributed by atoms with van der Waals surface area (Å²) in [7, 11) is 0. The molecule has 0 saturated heterocycles. The average Bonchev–Trinajstić information content (AvgIpc) is 3.88. The number of H-pyrrole nitrogens is 1. The quantitative estimate of drug-likeness (QED) is 0.0104. The topological polar surface area (TPSA) is 469 Å². The van der Waals surface area contributed by atoms with Gasteiger partial charge in [-0.3, -0.25) is 49.8 Å². The Morgan fingerprint density at radius 1 is 0.524 bits per heavy atom. The molecular weight excluding hydrogens is 1100 g/mol. The van der Waals surface area contributed by atoms with E-state index in [-0.39, 0.29) is 87.5 Å². The van der Waals surface area contributed by atoms with Gasteiger partial charge in [-0.1, -0.05) is 78.9 Å². The molecule has 0 spiro atoms. The molecule has 8 atom stereocenters. The molecule has 82 heavy (non-hydrogen) atoms. The highest BCUT2D eigenvalue weighted by Gasteiger charge is 2.38. The van der Waals surface area contributed by atoms with Crippen molar-refractivity contribution in [1.82, 2.24) is 58.2 Å². The van der Waals surface area contributed by atoms with Crippen molar-refractivity contribution >= 4 is 101 Å². The number of guanidine groups is 3. The van der Waals surface area contributed by atoms with Crippen LogP contribution in [0.2, 0.25) is 0 Å². The van der Waals surface area contributed by atoms with Gasteiger partial charge in [0.25, 0.3) is 0 Å². The maximum Gasteiger partial charge on any atom is 0.327 e. The number of carboxylic acid groups (broad SMARTS) is 1. The third-order valence-corrected chi connectivity index (χ3v) is 13.6. The molecule has 7 amide bonds. The fourth-order valence-corrected chi connectivity index (χ4v) is 9.10. The molecule has 0 radical (unpaired) electrons. The summed E-state index contributed by atoms with van der Waals surface area (Å²) in [6.07, 6.45) is 2.15. The minimum atomic E-state index is -1.57. The lowest BCUT2D eigenvalue weighted by Gasteiger charge is -2.32. The largest absolute Gasteiger partial charge is 0.480 e. The van der Waals surface area contributed by atoms with Crippen molar-refractivity contribution in [3.05, 3.63) is 108 Å². The molecule has 1 aromatic heterocycles. The van der Waals surface area contributed by atoms with Gasteiger partial charge in [0.1, 0.15) is 42.3 Å². The highest BCUT2D eigenvalue weighted by atomic mass is 32.1. The van der Waals surface area contributed by atoms with Gasteiger partial charge in [0.2, 0.25) is 41.4 Å². The van der Waals surface area contributed by atoms with Crippen LogP contribution in [0.4, 0.5) is 0 Å². The number of carboxylic acids is 1. The van der Waals surface area contributed by atoms with E-state index in [1.54, 1.807) is 72.9 Å². The number of aromatic amines is 1. The molecule has 0 saturated carbocycles. The predicted molar refractivity (Wildman–Crippen MR) is 317 cm³/mol. The lowest BCUT2D eigenvalue weighted by Crippen LogP contribution is -2.61. The van der Waals surface area contributed by atoms with Crippen molar-refractivity contribution in [3.8, 4) is 0 Å². The number of hydrogen-bond donors (Lipinski definition) is 21. The Morgan fingerprint density at radius 2 is 0.951 bits per heavy atom. The van der Waals surface area contributed by atoms with Gasteiger partial charge in [0.05, 0.1) is 6.04 Å². The van der Waals surface area contributed by atoms with E-state index in [4.69, 9.17) is 39.2 Å². The Labute approximate surface area is 485 Å². The number of aliphatic carboxylic acids is 1. The Balaban J connectivity index is 1.71. The van der Waals surface area contributed by atoms with Gasteiger partial charge in [0.15, 0.2) is 17.9 Å². The SMILES string of the molecule is C[C@@H](NC(=O)[C@H](CS)NC(=O)[C@@H](N)CCCNC(=N)N)C(=O)N[C@@H](CCCNC(=N)N)C(=O)N[C@@H](C(=O)N[C@@H](CCCNC(=N)N)C(=O)N[C@H](Cc1c[nH]c2ccccc12)C(=O)N[C@@H](CS)C(=O)O)C(c1ccccc1)c1ccccc1. The molecule has 444 valence electrons. The molecule has 4 rings (SSSR count). The zero-order chi connectivity index (χ0) is 60.3. The fourth-order valence-electron chi connectivity index (χ4n) is 8.59. The van der Waals surface area contributed by atoms with Crippen LogP contribution < -0.4 is 76.1 Å².